The second-order valence-corrected chi connectivity index (χ2v) is 9.98. The van der Waals surface area contributed by atoms with E-state index < -0.39 is 10.0 Å². The minimum absolute atomic E-state index is 0.0879. The molecule has 3 rings (SSSR count). The lowest BCUT2D eigenvalue weighted by Crippen LogP contribution is -2.43. The van der Waals surface area contributed by atoms with Crippen LogP contribution < -0.4 is 4.72 Å². The Labute approximate surface area is 163 Å². The van der Waals surface area contributed by atoms with Crippen LogP contribution in [0.1, 0.15) is 25.7 Å². The minimum Gasteiger partial charge on any atom is -0.207 e. The summed E-state index contributed by atoms with van der Waals surface area (Å²) in [5.74, 6) is 0. The predicted octanol–water partition coefficient (Wildman–Crippen LogP) is 5.38. The SMILES string of the molecule is O=S(=O)(NC1CCCCC1Sc1ccc(Cl)cc1)c1ccc(Cl)cc1. The molecule has 0 aliphatic heterocycles. The van der Waals surface area contributed by atoms with E-state index in [2.05, 4.69) is 4.72 Å². The molecule has 0 radical (unpaired) electrons. The van der Waals surface area contributed by atoms with E-state index in [-0.39, 0.29) is 16.2 Å². The van der Waals surface area contributed by atoms with Crippen molar-refractivity contribution in [2.45, 2.75) is 46.8 Å². The largest absolute Gasteiger partial charge is 0.240 e. The first-order chi connectivity index (χ1) is 11.9. The molecule has 7 heteroatoms. The van der Waals surface area contributed by atoms with E-state index in [1.54, 1.807) is 23.9 Å². The monoisotopic (exact) mass is 415 g/mol. The zero-order valence-electron chi connectivity index (χ0n) is 13.5. The van der Waals surface area contributed by atoms with E-state index >= 15 is 0 Å². The van der Waals surface area contributed by atoms with E-state index in [1.165, 1.54) is 12.1 Å². The third-order valence-electron chi connectivity index (χ3n) is 4.23. The first-order valence-electron chi connectivity index (χ1n) is 8.14. The van der Waals surface area contributed by atoms with Gasteiger partial charge < -0.3 is 0 Å². The van der Waals surface area contributed by atoms with Gasteiger partial charge in [0.05, 0.1) is 4.90 Å². The number of nitrogens with one attached hydrogen (secondary N) is 1. The molecule has 1 saturated carbocycles. The molecule has 1 N–H and O–H groups in total. The smallest absolute Gasteiger partial charge is 0.207 e. The summed E-state index contributed by atoms with van der Waals surface area (Å²) in [7, 11) is -3.55. The molecule has 3 nitrogen and oxygen atoms in total. The number of sulfonamides is 1. The number of hydrogen-bond donors (Lipinski definition) is 1. The fourth-order valence-electron chi connectivity index (χ4n) is 2.94. The highest BCUT2D eigenvalue weighted by Gasteiger charge is 2.30. The van der Waals surface area contributed by atoms with Crippen LogP contribution in [0.15, 0.2) is 58.3 Å². The average Bonchev–Trinajstić information content (AvgIpc) is 2.59. The van der Waals surface area contributed by atoms with E-state index in [4.69, 9.17) is 23.2 Å². The molecule has 25 heavy (non-hydrogen) atoms. The average molecular weight is 416 g/mol. The number of thioether (sulfide) groups is 1. The van der Waals surface area contributed by atoms with Crippen LogP contribution in [0.25, 0.3) is 0 Å². The van der Waals surface area contributed by atoms with Gasteiger partial charge in [0.1, 0.15) is 0 Å². The molecule has 1 aliphatic carbocycles. The number of rotatable bonds is 5. The van der Waals surface area contributed by atoms with Crippen LogP contribution in [-0.2, 0) is 10.0 Å². The first kappa shape index (κ1) is 19.1. The third kappa shape index (κ3) is 5.14. The summed E-state index contributed by atoms with van der Waals surface area (Å²) in [6.45, 7) is 0. The zero-order chi connectivity index (χ0) is 17.9. The molecule has 0 bridgehead atoms. The Kier molecular flexibility index (Phi) is 6.34. The molecule has 0 heterocycles. The lowest BCUT2D eigenvalue weighted by Gasteiger charge is -2.31. The lowest BCUT2D eigenvalue weighted by atomic mass is 9.96. The molecule has 2 aromatic carbocycles. The summed E-state index contributed by atoms with van der Waals surface area (Å²) in [4.78, 5) is 1.35. The molecule has 1 fully saturated rings. The van der Waals surface area contributed by atoms with Gasteiger partial charge in [-0.2, -0.15) is 0 Å². The quantitative estimate of drug-likeness (QED) is 0.712. The van der Waals surface area contributed by atoms with Gasteiger partial charge in [0.2, 0.25) is 10.0 Å². The van der Waals surface area contributed by atoms with E-state index in [9.17, 15) is 8.42 Å². The second kappa shape index (κ2) is 8.31. The van der Waals surface area contributed by atoms with Crippen molar-refractivity contribution in [3.05, 3.63) is 58.6 Å². The van der Waals surface area contributed by atoms with Gasteiger partial charge in [-0.25, -0.2) is 13.1 Å². The molecular weight excluding hydrogens is 397 g/mol. The zero-order valence-corrected chi connectivity index (χ0v) is 16.6. The Morgan fingerprint density at radius 2 is 1.44 bits per heavy atom. The number of hydrogen-bond acceptors (Lipinski definition) is 3. The van der Waals surface area contributed by atoms with Gasteiger partial charge in [-0.3, -0.25) is 0 Å². The molecule has 0 aromatic heterocycles. The van der Waals surface area contributed by atoms with Gasteiger partial charge in [0.15, 0.2) is 0 Å². The summed E-state index contributed by atoms with van der Waals surface area (Å²) in [5.41, 5.74) is 0. The summed E-state index contributed by atoms with van der Waals surface area (Å²) < 4.78 is 28.2. The van der Waals surface area contributed by atoms with Crippen molar-refractivity contribution in [1.82, 2.24) is 4.72 Å². The molecule has 0 spiro atoms. The third-order valence-corrected chi connectivity index (χ3v) is 7.66. The normalized spacial score (nSPS) is 21.2. The predicted molar refractivity (Wildman–Crippen MR) is 105 cm³/mol. The van der Waals surface area contributed by atoms with Crippen LogP contribution in [0.3, 0.4) is 0 Å². The van der Waals surface area contributed by atoms with Crippen LogP contribution in [0.4, 0.5) is 0 Å². The van der Waals surface area contributed by atoms with Crippen LogP contribution >= 0.6 is 35.0 Å². The van der Waals surface area contributed by atoms with E-state index in [0.717, 1.165) is 30.6 Å². The molecule has 2 atom stereocenters. The summed E-state index contributed by atoms with van der Waals surface area (Å²) in [6.07, 6.45) is 3.98. The Morgan fingerprint density at radius 3 is 2.08 bits per heavy atom. The van der Waals surface area contributed by atoms with E-state index in [0.29, 0.717) is 10.0 Å². The number of halogens is 2. The van der Waals surface area contributed by atoms with Gasteiger partial charge in [0, 0.05) is 26.2 Å². The molecule has 0 amide bonds. The van der Waals surface area contributed by atoms with Gasteiger partial charge in [-0.1, -0.05) is 36.0 Å². The molecule has 2 aromatic rings. The van der Waals surface area contributed by atoms with Gasteiger partial charge in [-0.15, -0.1) is 11.8 Å². The highest BCUT2D eigenvalue weighted by molar-refractivity contribution is 8.00. The fourth-order valence-corrected chi connectivity index (χ4v) is 5.89. The van der Waals surface area contributed by atoms with Crippen molar-refractivity contribution < 1.29 is 8.42 Å². The molecule has 2 unspecified atom stereocenters. The van der Waals surface area contributed by atoms with Gasteiger partial charge in [-0.05, 0) is 61.4 Å². The second-order valence-electron chi connectivity index (χ2n) is 6.08. The van der Waals surface area contributed by atoms with Crippen molar-refractivity contribution >= 4 is 45.0 Å². The first-order valence-corrected chi connectivity index (χ1v) is 11.3. The van der Waals surface area contributed by atoms with Crippen molar-refractivity contribution in [1.29, 1.82) is 0 Å². The maximum atomic E-state index is 12.7. The maximum absolute atomic E-state index is 12.7. The Hall–Kier alpha value is -0.720. The molecule has 134 valence electrons. The Balaban J connectivity index is 1.74. The molecule has 0 saturated heterocycles. The van der Waals surface area contributed by atoms with Crippen molar-refractivity contribution in [2.75, 3.05) is 0 Å². The maximum Gasteiger partial charge on any atom is 0.240 e. The topological polar surface area (TPSA) is 46.2 Å². The van der Waals surface area contributed by atoms with Crippen LogP contribution in [0.5, 0.6) is 0 Å². The van der Waals surface area contributed by atoms with Crippen LogP contribution in [0.2, 0.25) is 10.0 Å². The molecular formula is C18H19Cl2NO2S2. The standard InChI is InChI=1S/C18H19Cl2NO2S2/c19-13-5-9-15(10-6-13)24-18-4-2-1-3-17(18)21-25(22,23)16-11-7-14(20)8-12-16/h5-12,17-18,21H,1-4H2. The van der Waals surface area contributed by atoms with Gasteiger partial charge in [0.25, 0.3) is 0 Å². The van der Waals surface area contributed by atoms with Crippen molar-refractivity contribution in [3.8, 4) is 0 Å². The summed E-state index contributed by atoms with van der Waals surface area (Å²) in [5, 5.41) is 1.43. The fraction of sp³-hybridized carbons (Fsp3) is 0.333. The van der Waals surface area contributed by atoms with Crippen molar-refractivity contribution in [3.63, 3.8) is 0 Å². The summed E-state index contributed by atoms with van der Waals surface area (Å²) in [6, 6.07) is 13.9. The highest BCUT2D eigenvalue weighted by atomic mass is 35.5. The van der Waals surface area contributed by atoms with Crippen LogP contribution in [0, 0.1) is 0 Å². The Morgan fingerprint density at radius 1 is 0.880 bits per heavy atom. The summed E-state index contributed by atoms with van der Waals surface area (Å²) >= 11 is 13.5. The Bertz CT molecular complexity index is 808. The highest BCUT2D eigenvalue weighted by Crippen LogP contribution is 2.35. The molecule has 1 aliphatic rings. The van der Waals surface area contributed by atoms with Gasteiger partial charge >= 0.3 is 0 Å². The van der Waals surface area contributed by atoms with Crippen LogP contribution in [-0.4, -0.2) is 19.7 Å². The minimum atomic E-state index is -3.55. The lowest BCUT2D eigenvalue weighted by molar-refractivity contribution is 0.423. The number of benzene rings is 2. The van der Waals surface area contributed by atoms with E-state index in [1.807, 2.05) is 24.3 Å². The van der Waals surface area contributed by atoms with Crippen molar-refractivity contribution in [2.24, 2.45) is 0 Å².